The molecule has 0 amide bonds. The lowest BCUT2D eigenvalue weighted by Crippen LogP contribution is -2.01. The van der Waals surface area contributed by atoms with Crippen molar-refractivity contribution in [1.82, 2.24) is 0 Å². The number of halogens is 4. The van der Waals surface area contributed by atoms with Crippen molar-refractivity contribution in [2.24, 2.45) is 4.99 Å². The molecule has 1 heterocycles. The average Bonchev–Trinajstić information content (AvgIpc) is 2.92. The van der Waals surface area contributed by atoms with E-state index in [1.165, 1.54) is 0 Å². The second kappa shape index (κ2) is 7.63. The van der Waals surface area contributed by atoms with Gasteiger partial charge in [-0.3, -0.25) is 0 Å². The number of carbonyl (C=O) groups is 1. The standard InChI is InChI=1S/C18H9Cl4NO2/c19-12-6-4-10(8-14(12)21)9-15-18(24)25-16(23-15)7-5-11-2-1-3-13(20)17(11)22/h1-9H. The van der Waals surface area contributed by atoms with Crippen LogP contribution in [0.3, 0.4) is 0 Å². The van der Waals surface area contributed by atoms with Gasteiger partial charge in [0.15, 0.2) is 5.70 Å². The van der Waals surface area contributed by atoms with Gasteiger partial charge in [0.2, 0.25) is 5.90 Å². The molecule has 0 aliphatic carbocycles. The van der Waals surface area contributed by atoms with E-state index in [2.05, 4.69) is 4.99 Å². The number of cyclic esters (lactones) is 1. The van der Waals surface area contributed by atoms with Gasteiger partial charge in [-0.2, -0.15) is 0 Å². The van der Waals surface area contributed by atoms with Crippen LogP contribution in [0.1, 0.15) is 11.1 Å². The molecule has 0 atom stereocenters. The fourth-order valence-electron chi connectivity index (χ4n) is 2.07. The Balaban J connectivity index is 1.84. The topological polar surface area (TPSA) is 38.7 Å². The first-order valence-electron chi connectivity index (χ1n) is 7.04. The van der Waals surface area contributed by atoms with Crippen LogP contribution in [0.15, 0.2) is 53.2 Å². The molecule has 25 heavy (non-hydrogen) atoms. The van der Waals surface area contributed by atoms with Crippen molar-refractivity contribution in [2.45, 2.75) is 0 Å². The zero-order chi connectivity index (χ0) is 18.0. The Morgan fingerprint density at radius 3 is 2.48 bits per heavy atom. The number of carbonyl (C=O) groups excluding carboxylic acids is 1. The number of hydrogen-bond acceptors (Lipinski definition) is 3. The molecule has 3 nitrogen and oxygen atoms in total. The van der Waals surface area contributed by atoms with E-state index in [0.29, 0.717) is 31.2 Å². The van der Waals surface area contributed by atoms with Crippen molar-refractivity contribution in [2.75, 3.05) is 0 Å². The molecule has 7 heteroatoms. The van der Waals surface area contributed by atoms with Crippen LogP contribution in [0, 0.1) is 0 Å². The summed E-state index contributed by atoms with van der Waals surface area (Å²) in [5.74, 6) is -0.393. The predicted molar refractivity (Wildman–Crippen MR) is 103 cm³/mol. The normalized spacial score (nSPS) is 15.8. The monoisotopic (exact) mass is 411 g/mol. The van der Waals surface area contributed by atoms with E-state index in [9.17, 15) is 4.79 Å². The number of benzene rings is 2. The minimum absolute atomic E-state index is 0.160. The van der Waals surface area contributed by atoms with Crippen molar-refractivity contribution < 1.29 is 9.53 Å². The minimum Gasteiger partial charge on any atom is -0.403 e. The summed E-state index contributed by atoms with van der Waals surface area (Å²) in [6.45, 7) is 0. The SMILES string of the molecule is O=C1OC(C=Cc2cccc(Cl)c2Cl)=NC1=Cc1ccc(Cl)c(Cl)c1. The lowest BCUT2D eigenvalue weighted by Gasteiger charge is -1.99. The van der Waals surface area contributed by atoms with Crippen molar-refractivity contribution >= 4 is 70.4 Å². The second-order valence-electron chi connectivity index (χ2n) is 5.02. The van der Waals surface area contributed by atoms with Crippen LogP contribution in [0.25, 0.3) is 12.2 Å². The highest BCUT2D eigenvalue weighted by Gasteiger charge is 2.21. The molecular weight excluding hydrogens is 404 g/mol. The van der Waals surface area contributed by atoms with Gasteiger partial charge in [-0.15, -0.1) is 0 Å². The number of esters is 1. The number of ether oxygens (including phenoxy) is 1. The number of aliphatic imine (C=N–C) groups is 1. The van der Waals surface area contributed by atoms with E-state index < -0.39 is 5.97 Å². The highest BCUT2D eigenvalue weighted by atomic mass is 35.5. The summed E-state index contributed by atoms with van der Waals surface area (Å²) in [4.78, 5) is 16.1. The molecule has 126 valence electrons. The van der Waals surface area contributed by atoms with E-state index in [1.807, 2.05) is 0 Å². The summed E-state index contributed by atoms with van der Waals surface area (Å²) >= 11 is 23.9. The third-order valence-corrected chi connectivity index (χ3v) is 4.84. The molecule has 0 bridgehead atoms. The van der Waals surface area contributed by atoms with Crippen LogP contribution < -0.4 is 0 Å². The molecule has 0 saturated carbocycles. The Labute approximate surface area is 164 Å². The molecule has 0 radical (unpaired) electrons. The zero-order valence-electron chi connectivity index (χ0n) is 12.5. The third kappa shape index (κ3) is 4.25. The molecule has 0 N–H and O–H groups in total. The van der Waals surface area contributed by atoms with E-state index in [4.69, 9.17) is 51.1 Å². The molecule has 0 fully saturated rings. The summed E-state index contributed by atoms with van der Waals surface area (Å²) in [5.41, 5.74) is 1.54. The molecule has 0 spiro atoms. The van der Waals surface area contributed by atoms with Gasteiger partial charge in [0.1, 0.15) is 0 Å². The van der Waals surface area contributed by atoms with Crippen molar-refractivity contribution in [3.63, 3.8) is 0 Å². The molecule has 2 aromatic carbocycles. The van der Waals surface area contributed by atoms with Gasteiger partial charge in [0.25, 0.3) is 0 Å². The van der Waals surface area contributed by atoms with Crippen molar-refractivity contribution in [1.29, 1.82) is 0 Å². The van der Waals surface area contributed by atoms with E-state index in [0.717, 1.165) is 0 Å². The van der Waals surface area contributed by atoms with E-state index in [1.54, 1.807) is 54.6 Å². The quantitative estimate of drug-likeness (QED) is 0.437. The van der Waals surface area contributed by atoms with E-state index in [-0.39, 0.29) is 11.6 Å². The van der Waals surface area contributed by atoms with Crippen LogP contribution in [0.4, 0.5) is 0 Å². The first kappa shape index (κ1) is 18.0. The summed E-state index contributed by atoms with van der Waals surface area (Å²) in [5, 5.41) is 1.68. The Bertz CT molecular complexity index is 948. The highest BCUT2D eigenvalue weighted by molar-refractivity contribution is 6.43. The van der Waals surface area contributed by atoms with Gasteiger partial charge in [0.05, 0.1) is 20.1 Å². The van der Waals surface area contributed by atoms with Gasteiger partial charge in [-0.1, -0.05) is 64.6 Å². The Morgan fingerprint density at radius 2 is 1.72 bits per heavy atom. The summed E-state index contributed by atoms with van der Waals surface area (Å²) in [6.07, 6.45) is 4.78. The van der Waals surface area contributed by atoms with E-state index >= 15 is 0 Å². The number of rotatable bonds is 3. The minimum atomic E-state index is -0.553. The van der Waals surface area contributed by atoms with Crippen LogP contribution in [-0.2, 0) is 9.53 Å². The predicted octanol–water partition coefficient (Wildman–Crippen LogP) is 6.31. The molecule has 0 unspecified atom stereocenters. The summed E-state index contributed by atoms with van der Waals surface area (Å²) in [6, 6.07) is 10.2. The van der Waals surface area contributed by atoms with Gasteiger partial charge < -0.3 is 4.74 Å². The Kier molecular flexibility index (Phi) is 5.50. The smallest absolute Gasteiger partial charge is 0.363 e. The molecule has 1 aliphatic heterocycles. The van der Waals surface area contributed by atoms with Gasteiger partial charge >= 0.3 is 5.97 Å². The number of hydrogen-bond donors (Lipinski definition) is 0. The first-order valence-corrected chi connectivity index (χ1v) is 8.55. The first-order chi connectivity index (χ1) is 11.9. The van der Waals surface area contributed by atoms with Gasteiger partial charge in [-0.25, -0.2) is 9.79 Å². The van der Waals surface area contributed by atoms with Crippen LogP contribution in [0.2, 0.25) is 20.1 Å². The fraction of sp³-hybridized carbons (Fsp3) is 0. The highest BCUT2D eigenvalue weighted by Crippen LogP contribution is 2.27. The van der Waals surface area contributed by atoms with Gasteiger partial charge in [0, 0.05) is 6.08 Å². The summed E-state index contributed by atoms with van der Waals surface area (Å²) < 4.78 is 5.11. The van der Waals surface area contributed by atoms with Crippen molar-refractivity contribution in [3.05, 3.63) is 79.4 Å². The van der Waals surface area contributed by atoms with Crippen molar-refractivity contribution in [3.8, 4) is 0 Å². The van der Waals surface area contributed by atoms with Gasteiger partial charge in [-0.05, 0) is 41.5 Å². The zero-order valence-corrected chi connectivity index (χ0v) is 15.5. The molecule has 0 saturated heterocycles. The average molecular weight is 413 g/mol. The van der Waals surface area contributed by atoms with Crippen LogP contribution in [0.5, 0.6) is 0 Å². The molecule has 1 aliphatic rings. The lowest BCUT2D eigenvalue weighted by atomic mass is 10.2. The molecule has 3 rings (SSSR count). The van der Waals surface area contributed by atoms with Crippen LogP contribution in [-0.4, -0.2) is 11.9 Å². The molecule has 2 aromatic rings. The van der Waals surface area contributed by atoms with Crippen LogP contribution >= 0.6 is 46.4 Å². The number of nitrogens with zero attached hydrogens (tertiary/aromatic N) is 1. The maximum atomic E-state index is 11.9. The second-order valence-corrected chi connectivity index (χ2v) is 6.62. The Hall–Kier alpha value is -1.78. The third-order valence-electron chi connectivity index (χ3n) is 3.27. The maximum Gasteiger partial charge on any atom is 0.363 e. The Morgan fingerprint density at radius 1 is 0.920 bits per heavy atom. The largest absolute Gasteiger partial charge is 0.403 e. The molecular formula is C18H9Cl4NO2. The fourth-order valence-corrected chi connectivity index (χ4v) is 2.74. The molecule has 0 aromatic heterocycles. The summed E-state index contributed by atoms with van der Waals surface area (Å²) in [7, 11) is 0. The maximum absolute atomic E-state index is 11.9. The lowest BCUT2D eigenvalue weighted by molar-refractivity contribution is -0.129.